The Morgan fingerprint density at radius 3 is 2.27 bits per heavy atom. The van der Waals surface area contributed by atoms with Crippen molar-refractivity contribution in [1.29, 1.82) is 0 Å². The van der Waals surface area contributed by atoms with Gasteiger partial charge in [0.1, 0.15) is 0 Å². The maximum absolute atomic E-state index is 3.36. The zero-order valence-corrected chi connectivity index (χ0v) is 10.6. The van der Waals surface area contributed by atoms with Gasteiger partial charge >= 0.3 is 0 Å². The molecule has 0 amide bonds. The van der Waals surface area contributed by atoms with Crippen molar-refractivity contribution in [2.45, 2.75) is 33.6 Å². The van der Waals surface area contributed by atoms with Crippen molar-refractivity contribution in [1.82, 2.24) is 0 Å². The molecule has 0 bridgehead atoms. The molecule has 0 nitrogen and oxygen atoms in total. The van der Waals surface area contributed by atoms with E-state index in [2.05, 4.69) is 58.7 Å². The normalized spacial score (nSPS) is 15.7. The second-order valence-corrected chi connectivity index (χ2v) is 5.96. The smallest absolute Gasteiger partial charge is 0.0567 e. The second-order valence-electron chi connectivity index (χ2n) is 3.18. The van der Waals surface area contributed by atoms with Crippen molar-refractivity contribution >= 4 is 31.9 Å². The van der Waals surface area contributed by atoms with Crippen LogP contribution in [0.5, 0.6) is 0 Å². The van der Waals surface area contributed by atoms with Crippen LogP contribution in [0.4, 0.5) is 0 Å². The Balaban J connectivity index is 3.69. The summed E-state index contributed by atoms with van der Waals surface area (Å²) in [7, 11) is 0. The Bertz CT molecular complexity index is 126. The fourth-order valence-electron chi connectivity index (χ4n) is 1.08. The lowest BCUT2D eigenvalue weighted by atomic mass is 9.96. The van der Waals surface area contributed by atoms with Crippen molar-refractivity contribution in [2.75, 3.05) is 0 Å². The molecule has 0 fully saturated rings. The fourth-order valence-corrected chi connectivity index (χ4v) is 1.99. The first kappa shape index (κ1) is 11.7. The van der Waals surface area contributed by atoms with Crippen molar-refractivity contribution in [3.8, 4) is 0 Å². The molecule has 0 spiro atoms. The Hall–Kier alpha value is 0.700. The molecule has 0 rings (SSSR count). The molecule has 0 aromatic rings. The van der Waals surface area contributed by atoms with Crippen LogP contribution in [0.1, 0.15) is 33.6 Å². The first-order valence-electron chi connectivity index (χ1n) is 4.09. The van der Waals surface area contributed by atoms with Gasteiger partial charge in [-0.3, -0.25) is 0 Å². The Morgan fingerprint density at radius 1 is 1.36 bits per heavy atom. The molecule has 0 aromatic heterocycles. The summed E-state index contributed by atoms with van der Waals surface area (Å²) in [5.41, 5.74) is 0. The molecule has 0 saturated heterocycles. The highest BCUT2D eigenvalue weighted by atomic mass is 79.9. The predicted molar refractivity (Wildman–Crippen MR) is 59.2 cm³/mol. The molecule has 0 radical (unpaired) electrons. The minimum Gasteiger partial charge on any atom is -0.0651 e. The van der Waals surface area contributed by atoms with E-state index in [1.807, 2.05) is 0 Å². The molecule has 0 aliphatic rings. The highest BCUT2D eigenvalue weighted by Crippen LogP contribution is 2.21. The van der Waals surface area contributed by atoms with Gasteiger partial charge in [0.05, 0.1) is 3.39 Å². The van der Waals surface area contributed by atoms with Crippen LogP contribution in [0.3, 0.4) is 0 Å². The Labute approximate surface area is 86.7 Å². The lowest BCUT2D eigenvalue weighted by Gasteiger charge is -2.11. The van der Waals surface area contributed by atoms with E-state index >= 15 is 0 Å². The first-order valence-corrected chi connectivity index (χ1v) is 5.67. The molecule has 0 N–H and O–H groups in total. The van der Waals surface area contributed by atoms with Crippen molar-refractivity contribution in [2.24, 2.45) is 11.8 Å². The molecular formula is C9H16Br2. The summed E-state index contributed by atoms with van der Waals surface area (Å²) < 4.78 is 1.07. The number of rotatable bonds is 4. The molecule has 11 heavy (non-hydrogen) atoms. The molecule has 0 aliphatic heterocycles. The average molecular weight is 284 g/mol. The number of allylic oxidation sites excluding steroid dienone is 1. The minimum atomic E-state index is 0.665. The van der Waals surface area contributed by atoms with Gasteiger partial charge in [0.2, 0.25) is 0 Å². The van der Waals surface area contributed by atoms with E-state index in [9.17, 15) is 0 Å². The standard InChI is InChI=1S/C9H16Br2/c1-4-7(2)5-8(3)6-9(10)11/h6-8H,4-5H2,1-3H3/t7-,8-/m0/s1. The molecule has 0 saturated carbocycles. The third kappa shape index (κ3) is 7.07. The molecule has 0 aliphatic carbocycles. The summed E-state index contributed by atoms with van der Waals surface area (Å²) in [6.07, 6.45) is 4.75. The van der Waals surface area contributed by atoms with Crippen LogP contribution >= 0.6 is 31.9 Å². The molecule has 0 aromatic carbocycles. The Kier molecular flexibility index (Phi) is 6.64. The number of hydrogen-bond donors (Lipinski definition) is 0. The molecule has 0 heterocycles. The Morgan fingerprint density at radius 2 is 1.91 bits per heavy atom. The van der Waals surface area contributed by atoms with Crippen molar-refractivity contribution in [3.05, 3.63) is 9.47 Å². The largest absolute Gasteiger partial charge is 0.0651 e. The molecule has 2 atom stereocenters. The van der Waals surface area contributed by atoms with E-state index < -0.39 is 0 Å². The zero-order chi connectivity index (χ0) is 8.85. The van der Waals surface area contributed by atoms with Gasteiger partial charge in [-0.25, -0.2) is 0 Å². The second kappa shape index (κ2) is 6.24. The van der Waals surface area contributed by atoms with Gasteiger partial charge in [-0.15, -0.1) is 0 Å². The van der Waals surface area contributed by atoms with E-state index in [0.717, 1.165) is 9.31 Å². The van der Waals surface area contributed by atoms with Crippen LogP contribution in [0.25, 0.3) is 0 Å². The number of halogens is 2. The molecular weight excluding hydrogens is 268 g/mol. The maximum atomic E-state index is 3.36. The van der Waals surface area contributed by atoms with E-state index in [0.29, 0.717) is 5.92 Å². The van der Waals surface area contributed by atoms with E-state index in [1.165, 1.54) is 12.8 Å². The molecule has 66 valence electrons. The van der Waals surface area contributed by atoms with Crippen LogP contribution in [-0.2, 0) is 0 Å². The third-order valence-electron chi connectivity index (χ3n) is 1.88. The van der Waals surface area contributed by atoms with Crippen molar-refractivity contribution in [3.63, 3.8) is 0 Å². The van der Waals surface area contributed by atoms with Gasteiger partial charge in [-0.2, -0.15) is 0 Å². The van der Waals surface area contributed by atoms with E-state index in [4.69, 9.17) is 0 Å². The molecule has 0 unspecified atom stereocenters. The average Bonchev–Trinajstić information content (AvgIpc) is 1.85. The summed E-state index contributed by atoms with van der Waals surface area (Å²) in [6, 6.07) is 0. The molecule has 2 heteroatoms. The first-order chi connectivity index (χ1) is 5.06. The lowest BCUT2D eigenvalue weighted by molar-refractivity contribution is 0.455. The fraction of sp³-hybridized carbons (Fsp3) is 0.778. The summed E-state index contributed by atoms with van der Waals surface area (Å²) in [5, 5.41) is 0. The van der Waals surface area contributed by atoms with Crippen LogP contribution in [0, 0.1) is 11.8 Å². The van der Waals surface area contributed by atoms with Gasteiger partial charge in [-0.05, 0) is 50.1 Å². The van der Waals surface area contributed by atoms with Crippen LogP contribution in [0.15, 0.2) is 9.47 Å². The van der Waals surface area contributed by atoms with Gasteiger partial charge in [-0.1, -0.05) is 33.3 Å². The lowest BCUT2D eigenvalue weighted by Crippen LogP contribution is -1.99. The van der Waals surface area contributed by atoms with Gasteiger partial charge in [0.25, 0.3) is 0 Å². The highest BCUT2D eigenvalue weighted by molar-refractivity contribution is 9.28. The minimum absolute atomic E-state index is 0.665. The SMILES string of the molecule is CC[C@H](C)C[C@H](C)C=C(Br)Br. The van der Waals surface area contributed by atoms with Gasteiger partial charge in [0, 0.05) is 0 Å². The predicted octanol–water partition coefficient (Wildman–Crippen LogP) is 4.69. The van der Waals surface area contributed by atoms with E-state index in [1.54, 1.807) is 0 Å². The zero-order valence-electron chi connectivity index (χ0n) is 7.40. The third-order valence-corrected chi connectivity index (χ3v) is 2.41. The summed E-state index contributed by atoms with van der Waals surface area (Å²) in [5.74, 6) is 1.50. The summed E-state index contributed by atoms with van der Waals surface area (Å²) in [6.45, 7) is 6.78. The van der Waals surface area contributed by atoms with Crippen LogP contribution in [-0.4, -0.2) is 0 Å². The van der Waals surface area contributed by atoms with Crippen molar-refractivity contribution < 1.29 is 0 Å². The van der Waals surface area contributed by atoms with Crippen LogP contribution in [0.2, 0.25) is 0 Å². The topological polar surface area (TPSA) is 0 Å². The summed E-state index contributed by atoms with van der Waals surface area (Å²) in [4.78, 5) is 0. The maximum Gasteiger partial charge on any atom is 0.0567 e. The highest BCUT2D eigenvalue weighted by Gasteiger charge is 2.04. The van der Waals surface area contributed by atoms with E-state index in [-0.39, 0.29) is 0 Å². The summed E-state index contributed by atoms with van der Waals surface area (Å²) >= 11 is 6.73. The number of hydrogen-bond acceptors (Lipinski definition) is 0. The quantitative estimate of drug-likeness (QED) is 0.702. The van der Waals surface area contributed by atoms with Crippen LogP contribution < -0.4 is 0 Å². The van der Waals surface area contributed by atoms with Gasteiger partial charge < -0.3 is 0 Å². The monoisotopic (exact) mass is 282 g/mol. The van der Waals surface area contributed by atoms with Gasteiger partial charge in [0.15, 0.2) is 0 Å².